The molecule has 2 bridgehead atoms. The lowest BCUT2D eigenvalue weighted by molar-refractivity contribution is 0.0492. The first-order chi connectivity index (χ1) is 10.8. The zero-order valence-electron chi connectivity index (χ0n) is 14.6. The van der Waals surface area contributed by atoms with Gasteiger partial charge in [-0.2, -0.15) is 0 Å². The highest BCUT2D eigenvalue weighted by Gasteiger charge is 2.41. The smallest absolute Gasteiger partial charge is 0.407 e. The predicted octanol–water partition coefficient (Wildman–Crippen LogP) is 4.02. The van der Waals surface area contributed by atoms with Crippen molar-refractivity contribution in [2.24, 2.45) is 0 Å². The maximum atomic E-state index is 12.0. The summed E-state index contributed by atoms with van der Waals surface area (Å²) in [5.41, 5.74) is 2.25. The molecule has 2 fully saturated rings. The van der Waals surface area contributed by atoms with E-state index in [4.69, 9.17) is 4.74 Å². The van der Waals surface area contributed by atoms with Crippen molar-refractivity contribution in [3.8, 4) is 0 Å². The first kappa shape index (κ1) is 16.2. The Morgan fingerprint density at radius 3 is 2.35 bits per heavy atom. The molecule has 2 atom stereocenters. The van der Waals surface area contributed by atoms with E-state index in [0.717, 1.165) is 12.8 Å². The number of nitrogens with zero attached hydrogens (tertiary/aromatic N) is 1. The number of anilines is 1. The number of hydrogen-bond acceptors (Lipinski definition) is 3. The molecule has 4 nitrogen and oxygen atoms in total. The zero-order valence-corrected chi connectivity index (χ0v) is 14.6. The number of nitrogens with one attached hydrogen (secondary N) is 1. The monoisotopic (exact) mass is 316 g/mol. The molecular formula is C19H28N2O2. The summed E-state index contributed by atoms with van der Waals surface area (Å²) in [6, 6.07) is 9.89. The van der Waals surface area contributed by atoms with Gasteiger partial charge in [0.05, 0.1) is 0 Å². The molecule has 23 heavy (non-hydrogen) atoms. The van der Waals surface area contributed by atoms with Crippen molar-refractivity contribution in [1.29, 1.82) is 0 Å². The average Bonchev–Trinajstić information content (AvgIpc) is 2.69. The highest BCUT2D eigenvalue weighted by molar-refractivity contribution is 5.68. The molecular weight excluding hydrogens is 288 g/mol. The Morgan fingerprint density at radius 2 is 1.78 bits per heavy atom. The van der Waals surface area contributed by atoms with Crippen LogP contribution in [0.1, 0.15) is 52.0 Å². The third kappa shape index (κ3) is 3.62. The van der Waals surface area contributed by atoms with Crippen molar-refractivity contribution in [3.63, 3.8) is 0 Å². The second-order valence-electron chi connectivity index (χ2n) is 7.89. The summed E-state index contributed by atoms with van der Waals surface area (Å²) in [6.07, 6.45) is 4.15. The number of hydrogen-bond donors (Lipinski definition) is 1. The Bertz CT molecular complexity index is 565. The Labute approximate surface area is 139 Å². The van der Waals surface area contributed by atoms with E-state index < -0.39 is 5.60 Å². The maximum Gasteiger partial charge on any atom is 0.407 e. The van der Waals surface area contributed by atoms with Crippen LogP contribution in [0.4, 0.5) is 10.5 Å². The molecule has 1 N–H and O–H groups in total. The Morgan fingerprint density at radius 1 is 1.17 bits per heavy atom. The van der Waals surface area contributed by atoms with Crippen molar-refractivity contribution < 1.29 is 9.53 Å². The van der Waals surface area contributed by atoms with Gasteiger partial charge in [-0.05, 0) is 65.0 Å². The summed E-state index contributed by atoms with van der Waals surface area (Å²) >= 11 is 0. The van der Waals surface area contributed by atoms with E-state index in [1.54, 1.807) is 0 Å². The van der Waals surface area contributed by atoms with Crippen molar-refractivity contribution in [2.75, 3.05) is 4.90 Å². The van der Waals surface area contributed by atoms with Crippen molar-refractivity contribution in [3.05, 3.63) is 29.8 Å². The molecule has 1 aromatic rings. The molecule has 3 rings (SSSR count). The zero-order chi connectivity index (χ0) is 16.6. The van der Waals surface area contributed by atoms with Gasteiger partial charge >= 0.3 is 6.09 Å². The van der Waals surface area contributed by atoms with Crippen LogP contribution in [0.3, 0.4) is 0 Å². The molecule has 0 aliphatic carbocycles. The fraction of sp³-hybridized carbons (Fsp3) is 0.632. The summed E-state index contributed by atoms with van der Waals surface area (Å²) in [5, 5.41) is 3.08. The number of alkyl carbamates (subject to hydrolysis) is 1. The van der Waals surface area contributed by atoms with Crippen LogP contribution in [0.2, 0.25) is 0 Å². The van der Waals surface area contributed by atoms with Gasteiger partial charge in [-0.25, -0.2) is 4.79 Å². The molecule has 1 aromatic carbocycles. The van der Waals surface area contributed by atoms with E-state index in [1.165, 1.54) is 24.1 Å². The predicted molar refractivity (Wildman–Crippen MR) is 92.9 cm³/mol. The molecule has 2 unspecified atom stereocenters. The molecule has 2 aliphatic heterocycles. The van der Waals surface area contributed by atoms with E-state index in [2.05, 4.69) is 41.4 Å². The van der Waals surface area contributed by atoms with Gasteiger partial charge in [0, 0.05) is 23.8 Å². The maximum absolute atomic E-state index is 12.0. The quantitative estimate of drug-likeness (QED) is 0.896. The van der Waals surface area contributed by atoms with Crippen LogP contribution >= 0.6 is 0 Å². The number of benzene rings is 1. The van der Waals surface area contributed by atoms with E-state index in [-0.39, 0.29) is 12.1 Å². The molecule has 2 heterocycles. The van der Waals surface area contributed by atoms with Crippen LogP contribution < -0.4 is 10.2 Å². The summed E-state index contributed by atoms with van der Waals surface area (Å²) < 4.78 is 5.40. The van der Waals surface area contributed by atoms with Crippen LogP contribution in [0.5, 0.6) is 0 Å². The largest absolute Gasteiger partial charge is 0.444 e. The number of carbonyl (C=O) groups is 1. The number of para-hydroxylation sites is 1. The van der Waals surface area contributed by atoms with E-state index in [9.17, 15) is 4.79 Å². The van der Waals surface area contributed by atoms with Crippen LogP contribution in [0.15, 0.2) is 24.3 Å². The lowest BCUT2D eigenvalue weighted by Crippen LogP contribution is -2.51. The van der Waals surface area contributed by atoms with Gasteiger partial charge in [0.25, 0.3) is 0 Å². The van der Waals surface area contributed by atoms with Gasteiger partial charge in [0.15, 0.2) is 0 Å². The fourth-order valence-electron chi connectivity index (χ4n) is 4.02. The highest BCUT2D eigenvalue weighted by atomic mass is 16.6. The summed E-state index contributed by atoms with van der Waals surface area (Å²) in [5.74, 6) is 0. The normalized spacial score (nSPS) is 27.0. The van der Waals surface area contributed by atoms with Crippen molar-refractivity contribution in [1.82, 2.24) is 5.32 Å². The first-order valence-corrected chi connectivity index (χ1v) is 8.67. The molecule has 0 aromatic heterocycles. The Kier molecular flexibility index (Phi) is 4.26. The molecule has 4 heteroatoms. The fourth-order valence-corrected chi connectivity index (χ4v) is 4.02. The summed E-state index contributed by atoms with van der Waals surface area (Å²) in [6.45, 7) is 7.88. The van der Waals surface area contributed by atoms with E-state index in [1.807, 2.05) is 20.8 Å². The number of fused-ring (bicyclic) bond motifs is 2. The number of piperidine rings is 1. The lowest BCUT2D eigenvalue weighted by Gasteiger charge is -2.41. The van der Waals surface area contributed by atoms with Gasteiger partial charge in [-0.15, -0.1) is 0 Å². The molecule has 2 saturated heterocycles. The Balaban J connectivity index is 1.66. The molecule has 2 aliphatic rings. The van der Waals surface area contributed by atoms with Gasteiger partial charge in [0.2, 0.25) is 0 Å². The lowest BCUT2D eigenvalue weighted by atomic mass is 9.96. The second kappa shape index (κ2) is 6.06. The Hall–Kier alpha value is -1.71. The number of amides is 1. The van der Waals surface area contributed by atoms with Crippen LogP contribution in [-0.2, 0) is 4.74 Å². The first-order valence-electron chi connectivity index (χ1n) is 8.67. The molecule has 1 amide bonds. The van der Waals surface area contributed by atoms with E-state index in [0.29, 0.717) is 12.1 Å². The van der Waals surface area contributed by atoms with Gasteiger partial charge in [-0.3, -0.25) is 0 Å². The SMILES string of the molecule is Cc1ccccc1N1C2CCC1CC(NC(=O)OC(C)(C)C)C2. The summed E-state index contributed by atoms with van der Waals surface area (Å²) in [4.78, 5) is 14.6. The van der Waals surface area contributed by atoms with Gasteiger partial charge in [0.1, 0.15) is 5.60 Å². The third-order valence-corrected chi connectivity index (χ3v) is 4.85. The minimum atomic E-state index is -0.440. The third-order valence-electron chi connectivity index (χ3n) is 4.85. The molecule has 126 valence electrons. The van der Waals surface area contributed by atoms with Crippen LogP contribution in [-0.4, -0.2) is 29.8 Å². The van der Waals surface area contributed by atoms with Crippen LogP contribution in [0.25, 0.3) is 0 Å². The van der Waals surface area contributed by atoms with Crippen LogP contribution in [0, 0.1) is 6.92 Å². The average molecular weight is 316 g/mol. The van der Waals surface area contributed by atoms with E-state index >= 15 is 0 Å². The van der Waals surface area contributed by atoms with Crippen molar-refractivity contribution >= 4 is 11.8 Å². The minimum Gasteiger partial charge on any atom is -0.444 e. The topological polar surface area (TPSA) is 41.6 Å². The number of carbonyl (C=O) groups excluding carboxylic acids is 1. The standard InChI is InChI=1S/C19H28N2O2/c1-13-7-5-6-8-17(13)21-15-9-10-16(21)12-14(11-15)20-18(22)23-19(2,3)4/h5-8,14-16H,9-12H2,1-4H3,(H,20,22). The molecule has 0 saturated carbocycles. The molecule has 0 radical (unpaired) electrons. The second-order valence-corrected chi connectivity index (χ2v) is 7.89. The van der Waals surface area contributed by atoms with Crippen molar-refractivity contribution in [2.45, 2.75) is 77.1 Å². The molecule has 0 spiro atoms. The van der Waals surface area contributed by atoms with Gasteiger partial charge in [-0.1, -0.05) is 18.2 Å². The van der Waals surface area contributed by atoms with Gasteiger partial charge < -0.3 is 15.0 Å². The highest BCUT2D eigenvalue weighted by Crippen LogP contribution is 2.40. The minimum absolute atomic E-state index is 0.225. The summed E-state index contributed by atoms with van der Waals surface area (Å²) in [7, 11) is 0. The number of aryl methyl sites for hydroxylation is 1. The number of rotatable bonds is 2. The number of ether oxygens (including phenoxy) is 1.